The summed E-state index contributed by atoms with van der Waals surface area (Å²) < 4.78 is 0. The fraction of sp³-hybridized carbons (Fsp3) is 0.556. The van der Waals surface area contributed by atoms with Gasteiger partial charge in [0.1, 0.15) is 0 Å². The molecule has 0 saturated carbocycles. The summed E-state index contributed by atoms with van der Waals surface area (Å²) in [5, 5.41) is 6.74. The van der Waals surface area contributed by atoms with Gasteiger partial charge in [-0.05, 0) is 18.9 Å². The number of amides is 1. The van der Waals surface area contributed by atoms with E-state index in [4.69, 9.17) is 0 Å². The predicted octanol–water partition coefficient (Wildman–Crippen LogP) is 2.00. The lowest BCUT2D eigenvalue weighted by Crippen LogP contribution is -2.45. The molecule has 1 heterocycles. The first-order valence-corrected chi connectivity index (χ1v) is 8.47. The zero-order chi connectivity index (χ0) is 16.7. The first-order chi connectivity index (χ1) is 11.1. The Bertz CT molecular complexity index is 527. The van der Waals surface area contributed by atoms with Crippen LogP contribution in [0.4, 0.5) is 0 Å². The zero-order valence-corrected chi connectivity index (χ0v) is 14.4. The molecule has 2 N–H and O–H groups in total. The summed E-state index contributed by atoms with van der Waals surface area (Å²) in [6.45, 7) is 9.02. The summed E-state index contributed by atoms with van der Waals surface area (Å²) in [6.07, 6.45) is 0.966. The van der Waals surface area contributed by atoms with Gasteiger partial charge in [0, 0.05) is 31.6 Å². The molecule has 0 bridgehead atoms. The van der Waals surface area contributed by atoms with Gasteiger partial charge in [-0.15, -0.1) is 0 Å². The molecule has 2 rings (SSSR count). The van der Waals surface area contributed by atoms with Crippen LogP contribution in [0.5, 0.6) is 0 Å². The molecule has 1 aromatic carbocycles. The van der Waals surface area contributed by atoms with Crippen molar-refractivity contribution in [1.82, 2.24) is 15.5 Å². The minimum Gasteiger partial charge on any atom is -0.357 e. The summed E-state index contributed by atoms with van der Waals surface area (Å²) in [5.41, 5.74) is 1.19. The van der Waals surface area contributed by atoms with Crippen LogP contribution in [0.1, 0.15) is 32.8 Å². The molecule has 5 nitrogen and oxygen atoms in total. The molecular weight excluding hydrogens is 288 g/mol. The Hall–Kier alpha value is -2.04. The van der Waals surface area contributed by atoms with Gasteiger partial charge >= 0.3 is 0 Å². The highest BCUT2D eigenvalue weighted by Crippen LogP contribution is 2.12. The van der Waals surface area contributed by atoms with E-state index in [0.29, 0.717) is 6.54 Å². The van der Waals surface area contributed by atoms with Crippen LogP contribution in [-0.2, 0) is 11.3 Å². The van der Waals surface area contributed by atoms with Gasteiger partial charge in [-0.1, -0.05) is 44.2 Å². The Labute approximate surface area is 139 Å². The van der Waals surface area contributed by atoms with Gasteiger partial charge in [-0.3, -0.25) is 4.79 Å². The van der Waals surface area contributed by atoms with Crippen molar-refractivity contribution in [3.8, 4) is 0 Å². The van der Waals surface area contributed by atoms with Crippen LogP contribution in [0.25, 0.3) is 0 Å². The van der Waals surface area contributed by atoms with Crippen molar-refractivity contribution in [2.24, 2.45) is 10.9 Å². The number of nitrogens with zero attached hydrogens (tertiary/aromatic N) is 2. The molecule has 1 aliphatic heterocycles. The van der Waals surface area contributed by atoms with E-state index in [1.807, 2.05) is 36.9 Å². The van der Waals surface area contributed by atoms with Crippen LogP contribution in [0.15, 0.2) is 35.3 Å². The quantitative estimate of drug-likeness (QED) is 0.645. The van der Waals surface area contributed by atoms with Gasteiger partial charge in [0.2, 0.25) is 5.91 Å². The van der Waals surface area contributed by atoms with Gasteiger partial charge in [0.05, 0.1) is 6.54 Å². The number of rotatable bonds is 5. The number of hydrogen-bond acceptors (Lipinski definition) is 2. The minimum absolute atomic E-state index is 0.0636. The fourth-order valence-corrected chi connectivity index (χ4v) is 2.71. The molecule has 0 aliphatic carbocycles. The second-order valence-corrected chi connectivity index (χ2v) is 6.25. The number of benzene rings is 1. The van der Waals surface area contributed by atoms with Crippen molar-refractivity contribution in [2.75, 3.05) is 19.6 Å². The highest BCUT2D eigenvalue weighted by molar-refractivity contribution is 5.81. The fourth-order valence-electron chi connectivity index (χ4n) is 2.71. The van der Waals surface area contributed by atoms with Crippen molar-refractivity contribution in [2.45, 2.75) is 39.8 Å². The Morgan fingerprint density at radius 2 is 2.09 bits per heavy atom. The van der Waals surface area contributed by atoms with Crippen LogP contribution in [0.2, 0.25) is 0 Å². The topological polar surface area (TPSA) is 56.7 Å². The average Bonchev–Trinajstić information content (AvgIpc) is 3.01. The van der Waals surface area contributed by atoms with E-state index >= 15 is 0 Å². The second kappa shape index (κ2) is 8.56. The average molecular weight is 316 g/mol. The highest BCUT2D eigenvalue weighted by Gasteiger charge is 2.27. The molecule has 23 heavy (non-hydrogen) atoms. The summed E-state index contributed by atoms with van der Waals surface area (Å²) >= 11 is 0. The van der Waals surface area contributed by atoms with Gasteiger partial charge in [0.25, 0.3) is 0 Å². The standard InChI is InChI=1S/C18H28N4O/c1-4-19-18(20-12-15-8-6-5-7-9-15)21-16-10-11-22(13-16)17(23)14(2)3/h5-9,14,16H,4,10-13H2,1-3H3,(H2,19,20,21). The Morgan fingerprint density at radius 3 is 2.74 bits per heavy atom. The van der Waals surface area contributed by atoms with E-state index in [1.165, 1.54) is 5.56 Å². The maximum absolute atomic E-state index is 12.1. The van der Waals surface area contributed by atoms with E-state index in [9.17, 15) is 4.79 Å². The normalized spacial score (nSPS) is 18.3. The number of hydrogen-bond donors (Lipinski definition) is 2. The second-order valence-electron chi connectivity index (χ2n) is 6.25. The number of carbonyl (C=O) groups excluding carboxylic acids is 1. The molecule has 1 amide bonds. The zero-order valence-electron chi connectivity index (χ0n) is 14.4. The molecule has 1 atom stereocenters. The number of carbonyl (C=O) groups is 1. The summed E-state index contributed by atoms with van der Waals surface area (Å²) in [4.78, 5) is 18.7. The molecule has 0 aromatic heterocycles. The molecule has 126 valence electrons. The van der Waals surface area contributed by atoms with Crippen LogP contribution in [0.3, 0.4) is 0 Å². The lowest BCUT2D eigenvalue weighted by molar-refractivity contribution is -0.133. The number of aliphatic imine (C=N–C) groups is 1. The van der Waals surface area contributed by atoms with E-state index in [2.05, 4.69) is 34.7 Å². The lowest BCUT2D eigenvalue weighted by Gasteiger charge is -2.20. The summed E-state index contributed by atoms with van der Waals surface area (Å²) in [7, 11) is 0. The van der Waals surface area contributed by atoms with Crippen molar-refractivity contribution >= 4 is 11.9 Å². The molecule has 1 aromatic rings. The number of likely N-dealkylation sites (tertiary alicyclic amines) is 1. The maximum Gasteiger partial charge on any atom is 0.225 e. The van der Waals surface area contributed by atoms with E-state index in [1.54, 1.807) is 0 Å². The van der Waals surface area contributed by atoms with Crippen LogP contribution in [-0.4, -0.2) is 42.4 Å². The van der Waals surface area contributed by atoms with Gasteiger partial charge in [0.15, 0.2) is 5.96 Å². The van der Waals surface area contributed by atoms with E-state index < -0.39 is 0 Å². The highest BCUT2D eigenvalue weighted by atomic mass is 16.2. The molecule has 1 aliphatic rings. The molecular formula is C18H28N4O. The Kier molecular flexibility index (Phi) is 6.44. The lowest BCUT2D eigenvalue weighted by atomic mass is 10.2. The van der Waals surface area contributed by atoms with Crippen molar-refractivity contribution in [3.05, 3.63) is 35.9 Å². The van der Waals surface area contributed by atoms with Crippen LogP contribution in [0, 0.1) is 5.92 Å². The van der Waals surface area contributed by atoms with Crippen molar-refractivity contribution < 1.29 is 4.79 Å². The number of guanidine groups is 1. The first-order valence-electron chi connectivity index (χ1n) is 8.47. The molecule has 1 saturated heterocycles. The third-order valence-electron chi connectivity index (χ3n) is 3.94. The van der Waals surface area contributed by atoms with Crippen LogP contribution < -0.4 is 10.6 Å². The van der Waals surface area contributed by atoms with Gasteiger partial charge < -0.3 is 15.5 Å². The van der Waals surface area contributed by atoms with Gasteiger partial charge in [-0.2, -0.15) is 0 Å². The summed E-state index contributed by atoms with van der Waals surface area (Å²) in [6, 6.07) is 10.5. The molecule has 0 radical (unpaired) electrons. The van der Waals surface area contributed by atoms with E-state index in [-0.39, 0.29) is 17.9 Å². The third kappa shape index (κ3) is 5.27. The molecule has 0 spiro atoms. The largest absolute Gasteiger partial charge is 0.357 e. The Balaban J connectivity index is 1.91. The first kappa shape index (κ1) is 17.3. The smallest absolute Gasteiger partial charge is 0.225 e. The Morgan fingerprint density at radius 1 is 1.35 bits per heavy atom. The third-order valence-corrected chi connectivity index (χ3v) is 3.94. The predicted molar refractivity (Wildman–Crippen MR) is 94.2 cm³/mol. The maximum atomic E-state index is 12.1. The molecule has 1 unspecified atom stereocenters. The molecule has 1 fully saturated rings. The monoisotopic (exact) mass is 316 g/mol. The number of nitrogens with one attached hydrogen (secondary N) is 2. The SMILES string of the molecule is CCNC(=NCc1ccccc1)NC1CCN(C(=O)C(C)C)C1. The molecule has 5 heteroatoms. The summed E-state index contributed by atoms with van der Waals surface area (Å²) in [5.74, 6) is 1.12. The van der Waals surface area contributed by atoms with Crippen LogP contribution >= 0.6 is 0 Å². The van der Waals surface area contributed by atoms with E-state index in [0.717, 1.165) is 32.0 Å². The van der Waals surface area contributed by atoms with Gasteiger partial charge in [-0.25, -0.2) is 4.99 Å². The van der Waals surface area contributed by atoms with Crippen molar-refractivity contribution in [1.29, 1.82) is 0 Å². The van der Waals surface area contributed by atoms with Crippen molar-refractivity contribution in [3.63, 3.8) is 0 Å². The minimum atomic E-state index is 0.0636.